The highest BCUT2D eigenvalue weighted by Gasteiger charge is 2.15. The van der Waals surface area contributed by atoms with Crippen LogP contribution in [0.3, 0.4) is 0 Å². The first-order chi connectivity index (χ1) is 10.4. The molecule has 1 unspecified atom stereocenters. The van der Waals surface area contributed by atoms with E-state index in [4.69, 9.17) is 23.2 Å². The number of hydrogen-bond donors (Lipinski definition) is 2. The van der Waals surface area contributed by atoms with Crippen LogP contribution in [0, 0.1) is 5.82 Å². The minimum absolute atomic E-state index is 0.0958. The van der Waals surface area contributed by atoms with Crippen molar-refractivity contribution < 1.29 is 14.3 Å². The summed E-state index contributed by atoms with van der Waals surface area (Å²) >= 11 is 14.9. The number of carbonyl (C=O) groups is 1. The molecule has 1 atom stereocenters. The van der Waals surface area contributed by atoms with Crippen molar-refractivity contribution in [2.24, 2.45) is 0 Å². The standard InChI is InChI=1S/C15H11BrCl2FNO2/c16-9-1-2-13(19)12(5-9)15(22)20-7-14(21)8-3-10(17)6-11(18)4-8/h1-6,14,21H,7H2,(H,20,22). The number of hydrogen-bond acceptors (Lipinski definition) is 2. The Balaban J connectivity index is 2.05. The van der Waals surface area contributed by atoms with Gasteiger partial charge in [-0.2, -0.15) is 0 Å². The second kappa shape index (κ2) is 7.42. The van der Waals surface area contributed by atoms with Gasteiger partial charge in [0.1, 0.15) is 5.82 Å². The summed E-state index contributed by atoms with van der Waals surface area (Å²) < 4.78 is 14.2. The second-order valence-corrected chi connectivity index (χ2v) is 6.34. The van der Waals surface area contributed by atoms with E-state index in [1.54, 1.807) is 12.1 Å². The summed E-state index contributed by atoms with van der Waals surface area (Å²) in [7, 11) is 0. The van der Waals surface area contributed by atoms with Crippen molar-refractivity contribution in [2.75, 3.05) is 6.54 Å². The van der Waals surface area contributed by atoms with Gasteiger partial charge in [0.25, 0.3) is 5.91 Å². The van der Waals surface area contributed by atoms with Gasteiger partial charge >= 0.3 is 0 Å². The van der Waals surface area contributed by atoms with Crippen molar-refractivity contribution >= 4 is 45.0 Å². The summed E-state index contributed by atoms with van der Waals surface area (Å²) in [6.45, 7) is -0.0958. The van der Waals surface area contributed by atoms with Crippen LogP contribution in [0.25, 0.3) is 0 Å². The van der Waals surface area contributed by atoms with Crippen LogP contribution in [-0.2, 0) is 0 Å². The van der Waals surface area contributed by atoms with E-state index in [0.29, 0.717) is 20.1 Å². The molecule has 0 aliphatic carbocycles. The number of nitrogens with one attached hydrogen (secondary N) is 1. The zero-order chi connectivity index (χ0) is 16.3. The molecule has 1 amide bonds. The summed E-state index contributed by atoms with van der Waals surface area (Å²) in [6, 6.07) is 8.68. The minimum atomic E-state index is -1.00. The molecule has 0 aliphatic heterocycles. The Kier molecular flexibility index (Phi) is 5.81. The largest absolute Gasteiger partial charge is 0.387 e. The van der Waals surface area contributed by atoms with Crippen LogP contribution in [0.5, 0.6) is 0 Å². The fourth-order valence-corrected chi connectivity index (χ4v) is 2.75. The van der Waals surface area contributed by atoms with Crippen LogP contribution in [0.4, 0.5) is 4.39 Å². The number of amides is 1. The van der Waals surface area contributed by atoms with Crippen molar-refractivity contribution in [3.8, 4) is 0 Å². The Morgan fingerprint density at radius 2 is 1.86 bits per heavy atom. The van der Waals surface area contributed by atoms with Crippen molar-refractivity contribution in [3.05, 3.63) is 67.9 Å². The highest BCUT2D eigenvalue weighted by molar-refractivity contribution is 9.10. The van der Waals surface area contributed by atoms with Crippen LogP contribution in [-0.4, -0.2) is 17.6 Å². The predicted octanol–water partition coefficient (Wildman–Crippen LogP) is 4.36. The van der Waals surface area contributed by atoms with E-state index in [2.05, 4.69) is 21.2 Å². The zero-order valence-electron chi connectivity index (χ0n) is 11.1. The number of carbonyl (C=O) groups excluding carboxylic acids is 1. The van der Waals surface area contributed by atoms with Gasteiger partial charge in [-0.3, -0.25) is 4.79 Å². The molecule has 7 heteroatoms. The number of halogens is 4. The maximum absolute atomic E-state index is 13.6. The summed E-state index contributed by atoms with van der Waals surface area (Å²) in [5.74, 6) is -1.26. The van der Waals surface area contributed by atoms with E-state index < -0.39 is 17.8 Å². The number of rotatable bonds is 4. The molecule has 2 N–H and O–H groups in total. The van der Waals surface area contributed by atoms with E-state index >= 15 is 0 Å². The van der Waals surface area contributed by atoms with Crippen molar-refractivity contribution in [3.63, 3.8) is 0 Å². The third-order valence-electron chi connectivity index (χ3n) is 2.90. The normalized spacial score (nSPS) is 12.0. The Morgan fingerprint density at radius 3 is 2.50 bits per heavy atom. The quantitative estimate of drug-likeness (QED) is 0.792. The maximum Gasteiger partial charge on any atom is 0.254 e. The molecule has 2 rings (SSSR count). The van der Waals surface area contributed by atoms with Crippen LogP contribution in [0.1, 0.15) is 22.0 Å². The molecule has 0 saturated heterocycles. The van der Waals surface area contributed by atoms with Gasteiger partial charge < -0.3 is 10.4 Å². The van der Waals surface area contributed by atoms with Crippen LogP contribution in [0.2, 0.25) is 10.0 Å². The lowest BCUT2D eigenvalue weighted by atomic mass is 10.1. The fraction of sp³-hybridized carbons (Fsp3) is 0.133. The van der Waals surface area contributed by atoms with Gasteiger partial charge in [0, 0.05) is 21.1 Å². The van der Waals surface area contributed by atoms with E-state index in [1.807, 2.05) is 0 Å². The molecular formula is C15H11BrCl2FNO2. The highest BCUT2D eigenvalue weighted by Crippen LogP contribution is 2.23. The zero-order valence-corrected chi connectivity index (χ0v) is 14.2. The highest BCUT2D eigenvalue weighted by atomic mass is 79.9. The van der Waals surface area contributed by atoms with Crippen molar-refractivity contribution in [1.29, 1.82) is 0 Å². The lowest BCUT2D eigenvalue weighted by Gasteiger charge is -2.13. The van der Waals surface area contributed by atoms with Gasteiger partial charge in [0.05, 0.1) is 11.7 Å². The van der Waals surface area contributed by atoms with Gasteiger partial charge in [0.15, 0.2) is 0 Å². The molecule has 22 heavy (non-hydrogen) atoms. The lowest BCUT2D eigenvalue weighted by molar-refractivity contribution is 0.0912. The predicted molar refractivity (Wildman–Crippen MR) is 87.9 cm³/mol. The second-order valence-electron chi connectivity index (χ2n) is 4.55. The molecule has 0 spiro atoms. The molecule has 0 heterocycles. The van der Waals surface area contributed by atoms with Crippen LogP contribution < -0.4 is 5.32 Å². The molecule has 116 valence electrons. The first-order valence-corrected chi connectivity index (χ1v) is 7.79. The van der Waals surface area contributed by atoms with Gasteiger partial charge in [-0.25, -0.2) is 4.39 Å². The van der Waals surface area contributed by atoms with Crippen LogP contribution in [0.15, 0.2) is 40.9 Å². The molecule has 2 aromatic carbocycles. The topological polar surface area (TPSA) is 49.3 Å². The third-order valence-corrected chi connectivity index (χ3v) is 3.83. The molecule has 0 aromatic heterocycles. The molecule has 0 saturated carbocycles. The monoisotopic (exact) mass is 405 g/mol. The molecule has 0 radical (unpaired) electrons. The SMILES string of the molecule is O=C(NCC(O)c1cc(Cl)cc(Cl)c1)c1cc(Br)ccc1F. The first kappa shape index (κ1) is 17.2. The van der Waals surface area contributed by atoms with E-state index in [1.165, 1.54) is 24.3 Å². The molecule has 2 aromatic rings. The molecule has 3 nitrogen and oxygen atoms in total. The summed E-state index contributed by atoms with van der Waals surface area (Å²) in [6.07, 6.45) is -1.00. The fourth-order valence-electron chi connectivity index (χ4n) is 1.84. The number of aliphatic hydroxyl groups is 1. The summed E-state index contributed by atoms with van der Waals surface area (Å²) in [4.78, 5) is 12.0. The Labute approximate surface area is 145 Å². The van der Waals surface area contributed by atoms with Gasteiger partial charge in [0.2, 0.25) is 0 Å². The molecular weight excluding hydrogens is 396 g/mol. The number of benzene rings is 2. The van der Waals surface area contributed by atoms with Gasteiger partial charge in [-0.1, -0.05) is 39.1 Å². The Bertz CT molecular complexity index is 692. The third kappa shape index (κ3) is 4.43. The van der Waals surface area contributed by atoms with E-state index in [-0.39, 0.29) is 12.1 Å². The summed E-state index contributed by atoms with van der Waals surface area (Å²) in [5, 5.41) is 13.3. The Morgan fingerprint density at radius 1 is 1.23 bits per heavy atom. The molecule has 0 fully saturated rings. The smallest absolute Gasteiger partial charge is 0.254 e. The van der Waals surface area contributed by atoms with Crippen molar-refractivity contribution in [1.82, 2.24) is 5.32 Å². The van der Waals surface area contributed by atoms with E-state index in [9.17, 15) is 14.3 Å². The van der Waals surface area contributed by atoms with E-state index in [0.717, 1.165) is 0 Å². The maximum atomic E-state index is 13.6. The van der Waals surface area contributed by atoms with Gasteiger partial charge in [-0.15, -0.1) is 0 Å². The Hall–Kier alpha value is -1.14. The minimum Gasteiger partial charge on any atom is -0.387 e. The molecule has 0 aliphatic rings. The van der Waals surface area contributed by atoms with Gasteiger partial charge in [-0.05, 0) is 42.0 Å². The first-order valence-electron chi connectivity index (χ1n) is 6.24. The number of aliphatic hydroxyl groups excluding tert-OH is 1. The lowest BCUT2D eigenvalue weighted by Crippen LogP contribution is -2.29. The van der Waals surface area contributed by atoms with Crippen molar-refractivity contribution in [2.45, 2.75) is 6.10 Å². The summed E-state index contributed by atoms with van der Waals surface area (Å²) in [5.41, 5.74) is 0.359. The van der Waals surface area contributed by atoms with Crippen LogP contribution >= 0.6 is 39.1 Å². The average molecular weight is 407 g/mol. The molecule has 0 bridgehead atoms. The average Bonchev–Trinajstić information content (AvgIpc) is 2.45.